The lowest BCUT2D eigenvalue weighted by atomic mass is 9.97. The lowest BCUT2D eigenvalue weighted by Gasteiger charge is -2.17. The van der Waals surface area contributed by atoms with Gasteiger partial charge in [-0.1, -0.05) is 23.8 Å². The summed E-state index contributed by atoms with van der Waals surface area (Å²) in [5, 5.41) is 27.7. The molecule has 0 heterocycles. The quantitative estimate of drug-likeness (QED) is 0.788. The van der Waals surface area contributed by atoms with Gasteiger partial charge in [-0.25, -0.2) is 0 Å². The molecule has 0 saturated carbocycles. The normalized spacial score (nSPS) is 14.3. The van der Waals surface area contributed by atoms with E-state index in [4.69, 9.17) is 5.26 Å². The molecule has 0 bridgehead atoms. The number of aliphatic hydroxyl groups is 2. The zero-order chi connectivity index (χ0) is 11.4. The Hall–Kier alpha value is -1.37. The van der Waals surface area contributed by atoms with Gasteiger partial charge in [0, 0.05) is 0 Å². The van der Waals surface area contributed by atoms with Crippen molar-refractivity contribution >= 4 is 0 Å². The summed E-state index contributed by atoms with van der Waals surface area (Å²) in [7, 11) is 0. The minimum absolute atomic E-state index is 0.0610. The number of rotatable bonds is 3. The molecule has 1 aromatic carbocycles. The van der Waals surface area contributed by atoms with Crippen LogP contribution in [0.2, 0.25) is 0 Å². The Balaban J connectivity index is 2.91. The van der Waals surface area contributed by atoms with Crippen molar-refractivity contribution in [2.45, 2.75) is 32.5 Å². The van der Waals surface area contributed by atoms with Gasteiger partial charge >= 0.3 is 0 Å². The molecular formula is C12H15NO2. The second-order valence-corrected chi connectivity index (χ2v) is 3.73. The van der Waals surface area contributed by atoms with E-state index in [0.717, 1.165) is 11.1 Å². The summed E-state index contributed by atoms with van der Waals surface area (Å²) in [5.74, 6) is 0. The molecule has 0 aromatic heterocycles. The maximum atomic E-state index is 9.79. The van der Waals surface area contributed by atoms with E-state index in [1.54, 1.807) is 6.07 Å². The number of hydrogen-bond acceptors (Lipinski definition) is 3. The molecule has 0 aliphatic carbocycles. The van der Waals surface area contributed by atoms with Crippen LogP contribution in [0.4, 0.5) is 0 Å². The first kappa shape index (κ1) is 11.7. The number of nitrogens with zero attached hydrogens (tertiary/aromatic N) is 1. The summed E-state index contributed by atoms with van der Waals surface area (Å²) in [6.07, 6.45) is -2.06. The van der Waals surface area contributed by atoms with Crippen molar-refractivity contribution < 1.29 is 10.2 Å². The molecule has 0 aliphatic heterocycles. The Labute approximate surface area is 89.6 Å². The van der Waals surface area contributed by atoms with E-state index < -0.39 is 12.2 Å². The van der Waals surface area contributed by atoms with Gasteiger partial charge in [-0.3, -0.25) is 0 Å². The first-order valence-electron chi connectivity index (χ1n) is 4.86. The topological polar surface area (TPSA) is 64.2 Å². The van der Waals surface area contributed by atoms with Crippen molar-refractivity contribution in [2.24, 2.45) is 0 Å². The van der Waals surface area contributed by atoms with Gasteiger partial charge in [0.25, 0.3) is 0 Å². The fourth-order valence-electron chi connectivity index (χ4n) is 1.57. The van der Waals surface area contributed by atoms with Crippen molar-refractivity contribution in [3.05, 3.63) is 34.9 Å². The van der Waals surface area contributed by atoms with Crippen LogP contribution in [0.1, 0.15) is 29.2 Å². The van der Waals surface area contributed by atoms with Crippen LogP contribution in [0.5, 0.6) is 0 Å². The fourth-order valence-corrected chi connectivity index (χ4v) is 1.57. The molecule has 0 spiro atoms. The van der Waals surface area contributed by atoms with Gasteiger partial charge in [-0.05, 0) is 25.0 Å². The molecule has 2 atom stereocenters. The van der Waals surface area contributed by atoms with Gasteiger partial charge in [0.2, 0.25) is 0 Å². The first-order valence-corrected chi connectivity index (χ1v) is 4.86. The Morgan fingerprint density at radius 1 is 1.33 bits per heavy atom. The number of benzene rings is 1. The van der Waals surface area contributed by atoms with Crippen LogP contribution in [-0.2, 0) is 0 Å². The summed E-state index contributed by atoms with van der Waals surface area (Å²) in [4.78, 5) is 0. The lowest BCUT2D eigenvalue weighted by molar-refractivity contribution is 0.0212. The number of aryl methyl sites for hydroxylation is 2. The van der Waals surface area contributed by atoms with Crippen LogP contribution in [0.25, 0.3) is 0 Å². The molecule has 1 aromatic rings. The van der Waals surface area contributed by atoms with E-state index in [-0.39, 0.29) is 6.42 Å². The molecule has 0 saturated heterocycles. The van der Waals surface area contributed by atoms with E-state index >= 15 is 0 Å². The second kappa shape index (κ2) is 4.92. The largest absolute Gasteiger partial charge is 0.389 e. The first-order chi connectivity index (χ1) is 7.06. The summed E-state index contributed by atoms with van der Waals surface area (Å²) < 4.78 is 0. The average Bonchev–Trinajstić information content (AvgIpc) is 2.17. The van der Waals surface area contributed by atoms with Crippen LogP contribution >= 0.6 is 0 Å². The monoisotopic (exact) mass is 205 g/mol. The molecule has 80 valence electrons. The standard InChI is InChI=1S/C12H15NO2/c1-8-3-4-10(9(2)7-8)12(15)11(14)5-6-13/h3-4,7,11-12,14-15H,5H2,1-2H3. The van der Waals surface area contributed by atoms with Gasteiger partial charge in [0.1, 0.15) is 6.10 Å². The van der Waals surface area contributed by atoms with Crippen molar-refractivity contribution in [1.29, 1.82) is 5.26 Å². The van der Waals surface area contributed by atoms with E-state index in [1.165, 1.54) is 0 Å². The summed E-state index contributed by atoms with van der Waals surface area (Å²) in [5.41, 5.74) is 2.72. The van der Waals surface area contributed by atoms with Crippen molar-refractivity contribution in [2.75, 3.05) is 0 Å². The van der Waals surface area contributed by atoms with E-state index in [9.17, 15) is 10.2 Å². The van der Waals surface area contributed by atoms with Crippen molar-refractivity contribution in [3.8, 4) is 6.07 Å². The Kier molecular flexibility index (Phi) is 3.84. The van der Waals surface area contributed by atoms with Crippen molar-refractivity contribution in [1.82, 2.24) is 0 Å². The zero-order valence-corrected chi connectivity index (χ0v) is 8.94. The second-order valence-electron chi connectivity index (χ2n) is 3.73. The highest BCUT2D eigenvalue weighted by atomic mass is 16.3. The van der Waals surface area contributed by atoms with Gasteiger partial charge in [0.15, 0.2) is 0 Å². The highest BCUT2D eigenvalue weighted by Crippen LogP contribution is 2.22. The van der Waals surface area contributed by atoms with E-state index in [1.807, 2.05) is 32.0 Å². The zero-order valence-electron chi connectivity index (χ0n) is 8.94. The van der Waals surface area contributed by atoms with Crippen LogP contribution in [0.3, 0.4) is 0 Å². The molecule has 0 aliphatic rings. The summed E-state index contributed by atoms with van der Waals surface area (Å²) >= 11 is 0. The predicted octanol–water partition coefficient (Wildman–Crippen LogP) is 1.61. The van der Waals surface area contributed by atoms with Gasteiger partial charge in [-0.15, -0.1) is 0 Å². The third kappa shape index (κ3) is 2.79. The van der Waals surface area contributed by atoms with Gasteiger partial charge in [0.05, 0.1) is 18.6 Å². The van der Waals surface area contributed by atoms with Crippen LogP contribution in [-0.4, -0.2) is 16.3 Å². The molecule has 3 heteroatoms. The minimum atomic E-state index is -1.02. The molecule has 0 amide bonds. The van der Waals surface area contributed by atoms with E-state index in [2.05, 4.69) is 0 Å². The molecule has 1 rings (SSSR count). The number of nitriles is 1. The molecular weight excluding hydrogens is 190 g/mol. The molecule has 2 N–H and O–H groups in total. The van der Waals surface area contributed by atoms with Gasteiger partial charge in [-0.2, -0.15) is 5.26 Å². The predicted molar refractivity (Wildman–Crippen MR) is 57.1 cm³/mol. The van der Waals surface area contributed by atoms with E-state index in [0.29, 0.717) is 5.56 Å². The maximum Gasteiger partial charge on any atom is 0.106 e. The van der Waals surface area contributed by atoms with Crippen LogP contribution in [0.15, 0.2) is 18.2 Å². The number of aliphatic hydroxyl groups excluding tert-OH is 2. The highest BCUT2D eigenvalue weighted by Gasteiger charge is 2.19. The Morgan fingerprint density at radius 3 is 2.53 bits per heavy atom. The SMILES string of the molecule is Cc1ccc(C(O)C(O)CC#N)c(C)c1. The fraction of sp³-hybridized carbons (Fsp3) is 0.417. The summed E-state index contributed by atoms with van der Waals surface area (Å²) in [6, 6.07) is 7.45. The average molecular weight is 205 g/mol. The van der Waals surface area contributed by atoms with Crippen LogP contribution in [0, 0.1) is 25.2 Å². The van der Waals surface area contributed by atoms with Crippen molar-refractivity contribution in [3.63, 3.8) is 0 Å². The lowest BCUT2D eigenvalue weighted by Crippen LogP contribution is -2.18. The summed E-state index contributed by atoms with van der Waals surface area (Å²) in [6.45, 7) is 3.85. The Bertz CT molecular complexity index is 382. The molecule has 3 nitrogen and oxygen atoms in total. The third-order valence-corrected chi connectivity index (χ3v) is 2.41. The molecule has 0 radical (unpaired) electrons. The number of hydrogen-bond donors (Lipinski definition) is 2. The van der Waals surface area contributed by atoms with Crippen LogP contribution < -0.4 is 0 Å². The smallest absolute Gasteiger partial charge is 0.106 e. The molecule has 0 fully saturated rings. The van der Waals surface area contributed by atoms with Gasteiger partial charge < -0.3 is 10.2 Å². The highest BCUT2D eigenvalue weighted by molar-refractivity contribution is 5.32. The third-order valence-electron chi connectivity index (χ3n) is 2.41. The molecule has 2 unspecified atom stereocenters. The molecule has 15 heavy (non-hydrogen) atoms. The Morgan fingerprint density at radius 2 is 2.00 bits per heavy atom. The minimum Gasteiger partial charge on any atom is -0.389 e. The maximum absolute atomic E-state index is 9.79.